The molecule has 1 atom stereocenters. The number of hydrogen-bond donors (Lipinski definition) is 0. The molecule has 1 saturated heterocycles. The molecule has 1 unspecified atom stereocenters. The van der Waals surface area contributed by atoms with Crippen LogP contribution in [-0.4, -0.2) is 38.5 Å². The molecule has 0 aliphatic carbocycles. The van der Waals surface area contributed by atoms with Gasteiger partial charge in [-0.1, -0.05) is 11.6 Å². The van der Waals surface area contributed by atoms with Crippen molar-refractivity contribution in [1.29, 1.82) is 0 Å². The molecule has 8 heteroatoms. The van der Waals surface area contributed by atoms with Crippen LogP contribution in [0.4, 0.5) is 4.39 Å². The Morgan fingerprint density at radius 3 is 2.80 bits per heavy atom. The van der Waals surface area contributed by atoms with E-state index in [0.29, 0.717) is 6.61 Å². The Morgan fingerprint density at radius 2 is 2.20 bits per heavy atom. The monoisotopic (exact) mass is 341 g/mol. The van der Waals surface area contributed by atoms with Crippen LogP contribution in [0.1, 0.15) is 12.5 Å². The van der Waals surface area contributed by atoms with Crippen molar-refractivity contribution >= 4 is 33.2 Å². The predicted octanol–water partition coefficient (Wildman–Crippen LogP) is 2.63. The molecule has 112 valence electrons. The standard InChI is InChI=1S/C12H14Cl2FNO3S/c1-8-7-16(2-3-19-8)20(17,18)10-4-9(6-13)12(14)11(15)5-10/h4-5,8H,2-3,6-7H2,1H3. The van der Waals surface area contributed by atoms with Crippen molar-refractivity contribution in [2.75, 3.05) is 19.7 Å². The summed E-state index contributed by atoms with van der Waals surface area (Å²) < 4.78 is 45.3. The summed E-state index contributed by atoms with van der Waals surface area (Å²) in [6.45, 7) is 2.59. The summed E-state index contributed by atoms with van der Waals surface area (Å²) in [6, 6.07) is 2.24. The van der Waals surface area contributed by atoms with Gasteiger partial charge in [0.15, 0.2) is 0 Å². The van der Waals surface area contributed by atoms with Gasteiger partial charge in [-0.05, 0) is 24.6 Å². The van der Waals surface area contributed by atoms with Gasteiger partial charge in [-0.25, -0.2) is 12.8 Å². The van der Waals surface area contributed by atoms with E-state index in [0.717, 1.165) is 6.07 Å². The average molecular weight is 342 g/mol. The van der Waals surface area contributed by atoms with Crippen molar-refractivity contribution < 1.29 is 17.5 Å². The van der Waals surface area contributed by atoms with Gasteiger partial charge in [0.05, 0.1) is 22.6 Å². The third kappa shape index (κ3) is 3.09. The van der Waals surface area contributed by atoms with Gasteiger partial charge < -0.3 is 4.74 Å². The molecule has 2 rings (SSSR count). The summed E-state index contributed by atoms with van der Waals surface area (Å²) in [7, 11) is -3.77. The van der Waals surface area contributed by atoms with E-state index >= 15 is 0 Å². The summed E-state index contributed by atoms with van der Waals surface area (Å²) in [6.07, 6.45) is -0.192. The summed E-state index contributed by atoms with van der Waals surface area (Å²) in [5.41, 5.74) is 0.258. The first-order valence-electron chi connectivity index (χ1n) is 6.02. The third-order valence-electron chi connectivity index (χ3n) is 3.06. The van der Waals surface area contributed by atoms with E-state index in [4.69, 9.17) is 27.9 Å². The van der Waals surface area contributed by atoms with Crippen LogP contribution >= 0.6 is 23.2 Å². The molecule has 1 aliphatic heterocycles. The lowest BCUT2D eigenvalue weighted by molar-refractivity contribution is 0.0102. The summed E-state index contributed by atoms with van der Waals surface area (Å²) in [4.78, 5) is -0.135. The molecule has 0 amide bonds. The van der Waals surface area contributed by atoms with Crippen LogP contribution in [-0.2, 0) is 20.6 Å². The lowest BCUT2D eigenvalue weighted by Crippen LogP contribution is -2.44. The number of sulfonamides is 1. The van der Waals surface area contributed by atoms with Crippen molar-refractivity contribution in [2.45, 2.75) is 23.8 Å². The first-order valence-corrected chi connectivity index (χ1v) is 8.37. The first kappa shape index (κ1) is 16.0. The van der Waals surface area contributed by atoms with Gasteiger partial charge in [0.2, 0.25) is 10.0 Å². The van der Waals surface area contributed by atoms with Gasteiger partial charge in [0.1, 0.15) is 5.82 Å². The lowest BCUT2D eigenvalue weighted by atomic mass is 10.2. The molecule has 1 aliphatic rings. The third-order valence-corrected chi connectivity index (χ3v) is 5.62. The minimum atomic E-state index is -3.77. The number of morpholine rings is 1. The molecule has 0 radical (unpaired) electrons. The van der Waals surface area contributed by atoms with E-state index < -0.39 is 15.8 Å². The first-order chi connectivity index (χ1) is 9.36. The number of nitrogens with zero attached hydrogens (tertiary/aromatic N) is 1. The molecule has 4 nitrogen and oxygen atoms in total. The zero-order chi connectivity index (χ0) is 14.9. The van der Waals surface area contributed by atoms with Crippen LogP contribution in [0.2, 0.25) is 5.02 Å². The van der Waals surface area contributed by atoms with Crippen molar-refractivity contribution in [3.63, 3.8) is 0 Å². The highest BCUT2D eigenvalue weighted by atomic mass is 35.5. The number of hydrogen-bond acceptors (Lipinski definition) is 3. The SMILES string of the molecule is CC1CN(S(=O)(=O)c2cc(F)c(Cl)c(CCl)c2)CCO1. The fourth-order valence-electron chi connectivity index (χ4n) is 2.02. The largest absolute Gasteiger partial charge is 0.376 e. The van der Waals surface area contributed by atoms with E-state index in [9.17, 15) is 12.8 Å². The molecule has 20 heavy (non-hydrogen) atoms. The van der Waals surface area contributed by atoms with Gasteiger partial charge in [-0.3, -0.25) is 0 Å². The maximum absolute atomic E-state index is 13.7. The van der Waals surface area contributed by atoms with E-state index in [1.807, 2.05) is 0 Å². The second kappa shape index (κ2) is 6.15. The molecule has 1 aromatic rings. The Hall–Kier alpha value is -0.400. The molecular weight excluding hydrogens is 328 g/mol. The highest BCUT2D eigenvalue weighted by Crippen LogP contribution is 2.28. The smallest absolute Gasteiger partial charge is 0.243 e. The molecule has 1 heterocycles. The molecule has 0 N–H and O–H groups in total. The molecule has 0 spiro atoms. The predicted molar refractivity (Wildman–Crippen MR) is 75.1 cm³/mol. The van der Waals surface area contributed by atoms with Crippen LogP contribution in [0, 0.1) is 5.82 Å². The van der Waals surface area contributed by atoms with Gasteiger partial charge in [-0.15, -0.1) is 11.6 Å². The minimum Gasteiger partial charge on any atom is -0.376 e. The molecular formula is C12H14Cl2FNO3S. The van der Waals surface area contributed by atoms with Crippen LogP contribution in [0.5, 0.6) is 0 Å². The van der Waals surface area contributed by atoms with Crippen molar-refractivity contribution in [2.24, 2.45) is 0 Å². The second-order valence-corrected chi connectivity index (χ2v) is 7.14. The zero-order valence-electron chi connectivity index (χ0n) is 10.8. The molecule has 1 fully saturated rings. The Labute approximate surface area is 127 Å². The maximum Gasteiger partial charge on any atom is 0.243 e. The van der Waals surface area contributed by atoms with Crippen LogP contribution in [0.15, 0.2) is 17.0 Å². The maximum atomic E-state index is 13.7. The Morgan fingerprint density at radius 1 is 1.50 bits per heavy atom. The van der Waals surface area contributed by atoms with E-state index in [2.05, 4.69) is 0 Å². The number of ether oxygens (including phenoxy) is 1. The summed E-state index contributed by atoms with van der Waals surface area (Å²) >= 11 is 11.4. The molecule has 1 aromatic carbocycles. The minimum absolute atomic E-state index is 0.0569. The number of rotatable bonds is 3. The van der Waals surface area contributed by atoms with Gasteiger partial charge in [0, 0.05) is 19.0 Å². The quantitative estimate of drug-likeness (QED) is 0.794. The molecule has 0 aromatic heterocycles. The van der Waals surface area contributed by atoms with Gasteiger partial charge in [-0.2, -0.15) is 4.31 Å². The highest BCUT2D eigenvalue weighted by Gasteiger charge is 2.30. The Kier molecular flexibility index (Phi) is 4.92. The molecule has 0 bridgehead atoms. The number of benzene rings is 1. The fraction of sp³-hybridized carbons (Fsp3) is 0.500. The second-order valence-electron chi connectivity index (χ2n) is 4.56. The van der Waals surface area contributed by atoms with Crippen molar-refractivity contribution in [3.05, 3.63) is 28.5 Å². The highest BCUT2D eigenvalue weighted by molar-refractivity contribution is 7.89. The topological polar surface area (TPSA) is 46.6 Å². The number of halogens is 3. The lowest BCUT2D eigenvalue weighted by Gasteiger charge is -2.30. The average Bonchev–Trinajstić information content (AvgIpc) is 2.41. The zero-order valence-corrected chi connectivity index (χ0v) is 13.1. The Balaban J connectivity index is 2.41. The van der Waals surface area contributed by atoms with E-state index in [1.165, 1.54) is 10.4 Å². The summed E-state index contributed by atoms with van der Waals surface area (Å²) in [5, 5.41) is -0.144. The van der Waals surface area contributed by atoms with Crippen LogP contribution in [0.25, 0.3) is 0 Å². The van der Waals surface area contributed by atoms with Gasteiger partial charge in [0.25, 0.3) is 0 Å². The van der Waals surface area contributed by atoms with Crippen LogP contribution < -0.4 is 0 Å². The van der Waals surface area contributed by atoms with Crippen molar-refractivity contribution in [1.82, 2.24) is 4.31 Å². The van der Waals surface area contributed by atoms with Gasteiger partial charge >= 0.3 is 0 Å². The van der Waals surface area contributed by atoms with E-state index in [1.54, 1.807) is 6.92 Å². The Bertz CT molecular complexity index is 609. The summed E-state index contributed by atoms with van der Waals surface area (Å²) in [5.74, 6) is -0.844. The normalized spacial score (nSPS) is 21.1. The fourth-order valence-corrected chi connectivity index (χ4v) is 4.04. The number of alkyl halides is 1. The van der Waals surface area contributed by atoms with Crippen LogP contribution in [0.3, 0.4) is 0 Å². The molecule has 0 saturated carbocycles. The van der Waals surface area contributed by atoms with E-state index in [-0.39, 0.29) is 40.6 Å². The van der Waals surface area contributed by atoms with Crippen molar-refractivity contribution in [3.8, 4) is 0 Å².